The second kappa shape index (κ2) is 5.65. The summed E-state index contributed by atoms with van der Waals surface area (Å²) in [5.74, 6) is 0.226. The zero-order valence-corrected chi connectivity index (χ0v) is 11.4. The minimum atomic E-state index is -0.325. The zero-order chi connectivity index (χ0) is 13.0. The maximum atomic E-state index is 12.7. The lowest BCUT2D eigenvalue weighted by atomic mass is 9.85. The summed E-state index contributed by atoms with van der Waals surface area (Å²) in [4.78, 5) is 12.7. The van der Waals surface area contributed by atoms with Crippen LogP contribution in [0.3, 0.4) is 0 Å². The van der Waals surface area contributed by atoms with Crippen LogP contribution in [-0.4, -0.2) is 27.6 Å². The van der Waals surface area contributed by atoms with Gasteiger partial charge in [0.25, 0.3) is 0 Å². The standard InChI is InChI=1S/C14H23N3O/c1-3-6-14(7-5-8-15-14)13(18)12-10-16-17(11-12)9-4-2/h10-11,15H,3-9H2,1-2H3. The summed E-state index contributed by atoms with van der Waals surface area (Å²) in [5.41, 5.74) is 0.431. The monoisotopic (exact) mass is 249 g/mol. The third-order valence-electron chi connectivity index (χ3n) is 3.70. The molecule has 2 heterocycles. The molecule has 0 saturated carbocycles. The molecule has 1 saturated heterocycles. The third kappa shape index (κ3) is 2.48. The van der Waals surface area contributed by atoms with Gasteiger partial charge in [-0.05, 0) is 32.2 Å². The van der Waals surface area contributed by atoms with E-state index in [4.69, 9.17) is 0 Å². The summed E-state index contributed by atoms with van der Waals surface area (Å²) in [7, 11) is 0. The topological polar surface area (TPSA) is 46.9 Å². The van der Waals surface area contributed by atoms with E-state index in [1.807, 2.05) is 10.9 Å². The first kappa shape index (κ1) is 13.3. The average molecular weight is 249 g/mol. The Morgan fingerprint density at radius 1 is 1.50 bits per heavy atom. The molecule has 1 N–H and O–H groups in total. The van der Waals surface area contributed by atoms with Gasteiger partial charge in [-0.25, -0.2) is 0 Å². The molecule has 100 valence electrons. The molecule has 1 aliphatic rings. The van der Waals surface area contributed by atoms with Crippen molar-refractivity contribution < 1.29 is 4.79 Å². The van der Waals surface area contributed by atoms with E-state index in [9.17, 15) is 4.79 Å². The van der Waals surface area contributed by atoms with Crippen molar-refractivity contribution in [2.24, 2.45) is 0 Å². The number of aryl methyl sites for hydroxylation is 1. The number of carbonyl (C=O) groups is 1. The first-order valence-corrected chi connectivity index (χ1v) is 7.04. The molecule has 1 atom stereocenters. The van der Waals surface area contributed by atoms with Gasteiger partial charge in [-0.15, -0.1) is 0 Å². The number of hydrogen-bond donors (Lipinski definition) is 1. The van der Waals surface area contributed by atoms with Crippen LogP contribution >= 0.6 is 0 Å². The van der Waals surface area contributed by atoms with Gasteiger partial charge >= 0.3 is 0 Å². The lowest BCUT2D eigenvalue weighted by molar-refractivity contribution is 0.0857. The number of aromatic nitrogens is 2. The first-order chi connectivity index (χ1) is 8.72. The van der Waals surface area contributed by atoms with Gasteiger partial charge in [0.15, 0.2) is 5.78 Å². The van der Waals surface area contributed by atoms with Gasteiger partial charge in [-0.1, -0.05) is 20.3 Å². The highest BCUT2D eigenvalue weighted by molar-refractivity contribution is 6.03. The Morgan fingerprint density at radius 3 is 2.94 bits per heavy atom. The van der Waals surface area contributed by atoms with Gasteiger partial charge in [0.1, 0.15) is 0 Å². The fraction of sp³-hybridized carbons (Fsp3) is 0.714. The molecule has 0 spiro atoms. The van der Waals surface area contributed by atoms with Crippen LogP contribution < -0.4 is 5.32 Å². The molecule has 0 aromatic carbocycles. The van der Waals surface area contributed by atoms with Gasteiger partial charge in [-0.3, -0.25) is 9.48 Å². The van der Waals surface area contributed by atoms with E-state index < -0.39 is 0 Å². The molecule has 1 fully saturated rings. The van der Waals surface area contributed by atoms with Crippen LogP contribution in [0, 0.1) is 0 Å². The molecule has 1 aromatic rings. The van der Waals surface area contributed by atoms with Crippen molar-refractivity contribution in [3.05, 3.63) is 18.0 Å². The van der Waals surface area contributed by atoms with Crippen molar-refractivity contribution in [2.45, 2.75) is 58.0 Å². The maximum Gasteiger partial charge on any atom is 0.185 e. The Hall–Kier alpha value is -1.16. The quantitative estimate of drug-likeness (QED) is 0.787. The highest BCUT2D eigenvalue weighted by atomic mass is 16.1. The largest absolute Gasteiger partial charge is 0.305 e. The molecular formula is C14H23N3O. The predicted molar refractivity (Wildman–Crippen MR) is 71.7 cm³/mol. The predicted octanol–water partition coefficient (Wildman–Crippen LogP) is 2.40. The SMILES string of the molecule is CCCn1cc(C(=O)C2(CCC)CCCN2)cn1. The van der Waals surface area contributed by atoms with E-state index >= 15 is 0 Å². The molecular weight excluding hydrogens is 226 g/mol. The molecule has 4 nitrogen and oxygen atoms in total. The molecule has 2 rings (SSSR count). The fourth-order valence-electron chi connectivity index (χ4n) is 2.86. The Labute approximate surface area is 109 Å². The van der Waals surface area contributed by atoms with Crippen molar-refractivity contribution in [1.82, 2.24) is 15.1 Å². The highest BCUT2D eigenvalue weighted by Crippen LogP contribution is 2.28. The summed E-state index contributed by atoms with van der Waals surface area (Å²) in [5, 5.41) is 7.68. The number of rotatable bonds is 6. The minimum Gasteiger partial charge on any atom is -0.305 e. The Kier molecular flexibility index (Phi) is 4.17. The first-order valence-electron chi connectivity index (χ1n) is 7.04. The zero-order valence-electron chi connectivity index (χ0n) is 11.4. The summed E-state index contributed by atoms with van der Waals surface area (Å²) >= 11 is 0. The summed E-state index contributed by atoms with van der Waals surface area (Å²) < 4.78 is 1.86. The number of nitrogens with zero attached hydrogens (tertiary/aromatic N) is 2. The van der Waals surface area contributed by atoms with Gasteiger partial charge in [0.05, 0.1) is 17.3 Å². The van der Waals surface area contributed by atoms with Crippen molar-refractivity contribution in [3.63, 3.8) is 0 Å². The van der Waals surface area contributed by atoms with Crippen molar-refractivity contribution in [3.8, 4) is 0 Å². The lowest BCUT2D eigenvalue weighted by Gasteiger charge is -2.26. The Balaban J connectivity index is 2.17. The van der Waals surface area contributed by atoms with Crippen LogP contribution in [0.15, 0.2) is 12.4 Å². The van der Waals surface area contributed by atoms with Crippen LogP contribution in [0.1, 0.15) is 56.3 Å². The van der Waals surface area contributed by atoms with E-state index in [2.05, 4.69) is 24.3 Å². The van der Waals surface area contributed by atoms with Gasteiger partial charge < -0.3 is 5.32 Å². The highest BCUT2D eigenvalue weighted by Gasteiger charge is 2.40. The second-order valence-corrected chi connectivity index (χ2v) is 5.18. The van der Waals surface area contributed by atoms with E-state index in [-0.39, 0.29) is 11.3 Å². The van der Waals surface area contributed by atoms with Gasteiger partial charge in [0.2, 0.25) is 0 Å². The summed E-state index contributed by atoms with van der Waals surface area (Å²) in [6, 6.07) is 0. The molecule has 0 radical (unpaired) electrons. The summed E-state index contributed by atoms with van der Waals surface area (Å²) in [6.07, 6.45) is 8.65. The molecule has 0 aliphatic carbocycles. The van der Waals surface area contributed by atoms with Crippen LogP contribution in [0.2, 0.25) is 0 Å². The maximum absolute atomic E-state index is 12.7. The van der Waals surface area contributed by atoms with Crippen molar-refractivity contribution in [1.29, 1.82) is 0 Å². The lowest BCUT2D eigenvalue weighted by Crippen LogP contribution is -2.47. The van der Waals surface area contributed by atoms with Crippen molar-refractivity contribution in [2.75, 3.05) is 6.54 Å². The van der Waals surface area contributed by atoms with Crippen LogP contribution in [0.5, 0.6) is 0 Å². The molecule has 0 bridgehead atoms. The van der Waals surface area contributed by atoms with Crippen LogP contribution in [-0.2, 0) is 6.54 Å². The fourth-order valence-corrected chi connectivity index (χ4v) is 2.86. The Morgan fingerprint density at radius 2 is 2.33 bits per heavy atom. The van der Waals surface area contributed by atoms with E-state index in [1.54, 1.807) is 6.20 Å². The van der Waals surface area contributed by atoms with E-state index in [0.717, 1.165) is 50.8 Å². The molecule has 1 aromatic heterocycles. The number of nitrogens with one attached hydrogen (secondary N) is 1. The van der Waals surface area contributed by atoms with Gasteiger partial charge in [0, 0.05) is 12.7 Å². The number of ketones is 1. The summed E-state index contributed by atoms with van der Waals surface area (Å²) in [6.45, 7) is 6.08. The van der Waals surface area contributed by atoms with Crippen LogP contribution in [0.25, 0.3) is 0 Å². The third-order valence-corrected chi connectivity index (χ3v) is 3.70. The number of Topliss-reactive ketones (excluding diaryl/α,β-unsaturated/α-hetero) is 1. The molecule has 1 unspecified atom stereocenters. The molecule has 1 aliphatic heterocycles. The van der Waals surface area contributed by atoms with E-state index in [1.165, 1.54) is 0 Å². The van der Waals surface area contributed by atoms with Gasteiger partial charge in [-0.2, -0.15) is 5.10 Å². The Bertz CT molecular complexity index is 405. The number of hydrogen-bond acceptors (Lipinski definition) is 3. The molecule has 0 amide bonds. The average Bonchev–Trinajstić information content (AvgIpc) is 2.99. The van der Waals surface area contributed by atoms with Crippen molar-refractivity contribution >= 4 is 5.78 Å². The normalized spacial score (nSPS) is 23.4. The van der Waals surface area contributed by atoms with Crippen LogP contribution in [0.4, 0.5) is 0 Å². The van der Waals surface area contributed by atoms with E-state index in [0.29, 0.717) is 0 Å². The molecule has 4 heteroatoms. The minimum absolute atomic E-state index is 0.226. The second-order valence-electron chi connectivity index (χ2n) is 5.18. The molecule has 18 heavy (non-hydrogen) atoms. The smallest absolute Gasteiger partial charge is 0.185 e. The number of carbonyl (C=O) groups excluding carboxylic acids is 1.